The molecular formula is C37H54O5. The van der Waals surface area contributed by atoms with Crippen molar-refractivity contribution in [1.82, 2.24) is 0 Å². The molecule has 2 aromatic carbocycles. The van der Waals surface area contributed by atoms with Crippen molar-refractivity contribution in [1.29, 1.82) is 0 Å². The highest BCUT2D eigenvalue weighted by Crippen LogP contribution is 2.49. The first kappa shape index (κ1) is 33.6. The van der Waals surface area contributed by atoms with E-state index in [9.17, 15) is 9.90 Å². The second kappa shape index (κ2) is 19.3. The lowest BCUT2D eigenvalue weighted by Gasteiger charge is -2.21. The van der Waals surface area contributed by atoms with Gasteiger partial charge in [0.2, 0.25) is 5.75 Å². The summed E-state index contributed by atoms with van der Waals surface area (Å²) in [5, 5.41) is 10.8. The minimum Gasteiger partial charge on any atom is -0.507 e. The number of carbonyl (C=O) groups is 1. The van der Waals surface area contributed by atoms with E-state index in [-0.39, 0.29) is 11.7 Å². The van der Waals surface area contributed by atoms with Crippen molar-refractivity contribution in [3.63, 3.8) is 0 Å². The molecule has 0 radical (unpaired) electrons. The zero-order valence-electron chi connectivity index (χ0n) is 26.5. The molecule has 232 valence electrons. The van der Waals surface area contributed by atoms with Crippen LogP contribution in [0.1, 0.15) is 127 Å². The Morgan fingerprint density at radius 3 is 1.98 bits per heavy atom. The van der Waals surface area contributed by atoms with Gasteiger partial charge >= 0.3 is 5.97 Å². The number of methoxy groups -OCH3 is 2. The number of aromatic hydroxyl groups is 1. The maximum absolute atomic E-state index is 13.0. The van der Waals surface area contributed by atoms with E-state index >= 15 is 0 Å². The molecule has 3 rings (SSSR count). The van der Waals surface area contributed by atoms with Crippen LogP contribution in [0.2, 0.25) is 0 Å². The van der Waals surface area contributed by atoms with Crippen LogP contribution in [0.25, 0.3) is 11.1 Å². The van der Waals surface area contributed by atoms with Crippen LogP contribution >= 0.6 is 0 Å². The number of allylic oxidation sites excluding steroid dienone is 2. The summed E-state index contributed by atoms with van der Waals surface area (Å²) in [6, 6.07) is 7.71. The number of carbonyl (C=O) groups excluding carboxylic acids is 1. The summed E-state index contributed by atoms with van der Waals surface area (Å²) in [6.45, 7) is 2.27. The van der Waals surface area contributed by atoms with Gasteiger partial charge in [-0.2, -0.15) is 0 Å². The standard InChI is InChI=1S/C37H54O5/c1-4-5-6-7-8-9-10-11-12-13-14-18-21-24-34(39)42-35-30-23-20-17-15-16-19-22-29-25-26-33(38)31(27-29)32(28-30)36(40-2)37(35)41-3/h15-16,25-28,38H,4-14,17-24H2,1-3H3/b16-15+. The Hall–Kier alpha value is -2.95. The zero-order valence-corrected chi connectivity index (χ0v) is 26.5. The van der Waals surface area contributed by atoms with Gasteiger partial charge in [-0.3, -0.25) is 4.79 Å². The van der Waals surface area contributed by atoms with E-state index in [2.05, 4.69) is 19.1 Å². The Morgan fingerprint density at radius 2 is 1.33 bits per heavy atom. The quantitative estimate of drug-likeness (QED) is 0.0875. The molecule has 0 unspecified atom stereocenters. The zero-order chi connectivity index (χ0) is 30.0. The molecule has 0 fully saturated rings. The van der Waals surface area contributed by atoms with Gasteiger partial charge in [0.25, 0.3) is 0 Å². The number of unbranched alkanes of at least 4 members (excludes halogenated alkanes) is 12. The number of rotatable bonds is 17. The van der Waals surface area contributed by atoms with Crippen molar-refractivity contribution in [3.05, 3.63) is 47.5 Å². The molecule has 42 heavy (non-hydrogen) atoms. The van der Waals surface area contributed by atoms with Crippen LogP contribution in [0.5, 0.6) is 23.0 Å². The fraction of sp³-hybridized carbons (Fsp3) is 0.595. The van der Waals surface area contributed by atoms with E-state index < -0.39 is 0 Å². The van der Waals surface area contributed by atoms with Crippen LogP contribution in [0.15, 0.2) is 36.4 Å². The third-order valence-corrected chi connectivity index (χ3v) is 8.31. The second-order valence-electron chi connectivity index (χ2n) is 11.7. The number of hydrogen-bond donors (Lipinski definition) is 1. The SMILES string of the molecule is CCCCCCCCCCCCCCCC(=O)Oc1c2cc(c(OC)c1OC)-c1cc(ccc1O)CC/C=C/CCC2. The summed E-state index contributed by atoms with van der Waals surface area (Å²) in [6.07, 6.45) is 25.7. The molecule has 0 atom stereocenters. The monoisotopic (exact) mass is 578 g/mol. The Kier molecular flexibility index (Phi) is 15.4. The fourth-order valence-corrected chi connectivity index (χ4v) is 5.86. The molecule has 0 saturated carbocycles. The number of ether oxygens (including phenoxy) is 3. The minimum absolute atomic E-state index is 0.183. The van der Waals surface area contributed by atoms with Crippen molar-refractivity contribution in [2.75, 3.05) is 14.2 Å². The second-order valence-corrected chi connectivity index (χ2v) is 11.7. The van der Waals surface area contributed by atoms with Gasteiger partial charge in [-0.1, -0.05) is 102 Å². The maximum Gasteiger partial charge on any atom is 0.311 e. The molecule has 0 aliphatic heterocycles. The molecule has 5 nitrogen and oxygen atoms in total. The molecule has 1 aliphatic carbocycles. The van der Waals surface area contributed by atoms with Gasteiger partial charge < -0.3 is 19.3 Å². The lowest BCUT2D eigenvalue weighted by Crippen LogP contribution is -2.11. The first-order chi connectivity index (χ1) is 20.6. The van der Waals surface area contributed by atoms with Crippen LogP contribution < -0.4 is 14.2 Å². The van der Waals surface area contributed by atoms with Gasteiger partial charge in [-0.25, -0.2) is 0 Å². The Bertz CT molecular complexity index is 1120. The van der Waals surface area contributed by atoms with Gasteiger partial charge in [0.15, 0.2) is 11.5 Å². The van der Waals surface area contributed by atoms with Crippen molar-refractivity contribution in [2.45, 2.75) is 129 Å². The van der Waals surface area contributed by atoms with Crippen molar-refractivity contribution in [2.24, 2.45) is 0 Å². The summed E-state index contributed by atoms with van der Waals surface area (Å²) in [5.74, 6) is 1.24. The van der Waals surface area contributed by atoms with Crippen LogP contribution in [0.4, 0.5) is 0 Å². The highest BCUT2D eigenvalue weighted by molar-refractivity contribution is 5.83. The molecule has 4 bridgehead atoms. The topological polar surface area (TPSA) is 65.0 Å². The molecule has 0 aromatic heterocycles. The summed E-state index contributed by atoms with van der Waals surface area (Å²) in [4.78, 5) is 13.0. The van der Waals surface area contributed by atoms with E-state index in [0.29, 0.717) is 29.2 Å². The van der Waals surface area contributed by atoms with Gasteiger partial charge in [0.1, 0.15) is 5.75 Å². The lowest BCUT2D eigenvalue weighted by molar-refractivity contribution is -0.134. The van der Waals surface area contributed by atoms with Gasteiger partial charge in [0.05, 0.1) is 14.2 Å². The highest BCUT2D eigenvalue weighted by Gasteiger charge is 2.25. The smallest absolute Gasteiger partial charge is 0.311 e. The predicted octanol–water partition coefficient (Wildman–Crippen LogP) is 10.3. The fourth-order valence-electron chi connectivity index (χ4n) is 5.86. The van der Waals surface area contributed by atoms with Crippen LogP contribution in [-0.2, 0) is 17.6 Å². The Labute approximate surface area is 254 Å². The number of esters is 1. The average Bonchev–Trinajstić information content (AvgIpc) is 3.00. The number of fused-ring (bicyclic) bond motifs is 5. The molecule has 5 heteroatoms. The molecule has 1 N–H and O–H groups in total. The van der Waals surface area contributed by atoms with E-state index in [1.165, 1.54) is 64.2 Å². The third kappa shape index (κ3) is 10.7. The highest BCUT2D eigenvalue weighted by atomic mass is 16.6. The van der Waals surface area contributed by atoms with Gasteiger partial charge in [-0.15, -0.1) is 0 Å². The van der Waals surface area contributed by atoms with Gasteiger partial charge in [-0.05, 0) is 67.9 Å². The maximum atomic E-state index is 13.0. The lowest BCUT2D eigenvalue weighted by atomic mass is 9.95. The van der Waals surface area contributed by atoms with Crippen molar-refractivity contribution < 1.29 is 24.1 Å². The summed E-state index contributed by atoms with van der Waals surface area (Å²) in [7, 11) is 3.15. The molecule has 0 spiro atoms. The molecule has 0 amide bonds. The Balaban J connectivity index is 1.60. The number of aryl methyl sites for hydroxylation is 2. The first-order valence-corrected chi connectivity index (χ1v) is 16.5. The summed E-state index contributed by atoms with van der Waals surface area (Å²) in [5.41, 5.74) is 3.46. The van der Waals surface area contributed by atoms with Crippen LogP contribution in [0, 0.1) is 0 Å². The van der Waals surface area contributed by atoms with E-state index in [1.54, 1.807) is 20.3 Å². The first-order valence-electron chi connectivity index (χ1n) is 16.5. The number of hydrogen-bond acceptors (Lipinski definition) is 5. The van der Waals surface area contributed by atoms with Crippen molar-refractivity contribution >= 4 is 5.97 Å². The minimum atomic E-state index is -0.241. The van der Waals surface area contributed by atoms with E-state index in [4.69, 9.17) is 14.2 Å². The molecule has 2 aromatic rings. The average molecular weight is 579 g/mol. The summed E-state index contributed by atoms with van der Waals surface area (Å²) < 4.78 is 17.6. The molecular weight excluding hydrogens is 524 g/mol. The largest absolute Gasteiger partial charge is 0.507 e. The third-order valence-electron chi connectivity index (χ3n) is 8.31. The number of benzene rings is 2. The van der Waals surface area contributed by atoms with E-state index in [1.807, 2.05) is 18.2 Å². The number of phenolic OH excluding ortho intramolecular Hbond substituents is 1. The van der Waals surface area contributed by atoms with Crippen LogP contribution in [0.3, 0.4) is 0 Å². The van der Waals surface area contributed by atoms with E-state index in [0.717, 1.165) is 68.1 Å². The number of phenols is 1. The molecule has 1 aliphatic rings. The Morgan fingerprint density at radius 1 is 0.714 bits per heavy atom. The molecule has 0 heterocycles. The predicted molar refractivity (Wildman–Crippen MR) is 173 cm³/mol. The van der Waals surface area contributed by atoms with Crippen LogP contribution in [-0.4, -0.2) is 25.3 Å². The summed E-state index contributed by atoms with van der Waals surface area (Å²) >= 11 is 0. The van der Waals surface area contributed by atoms with Gasteiger partial charge in [0, 0.05) is 17.5 Å². The normalized spacial score (nSPS) is 13.9. The molecule has 0 saturated heterocycles. The van der Waals surface area contributed by atoms with Crippen molar-refractivity contribution in [3.8, 4) is 34.1 Å².